The molecule has 3 aromatic heterocycles. The number of fused-ring (bicyclic) bond motifs is 4. The number of anilines is 1. The molecule has 0 saturated carbocycles. The Morgan fingerprint density at radius 1 is 1.12 bits per heavy atom. The average Bonchev–Trinajstić information content (AvgIpc) is 3.56. The number of piperidine rings is 1. The Morgan fingerprint density at radius 2 is 1.95 bits per heavy atom. The number of alkyl halides is 3. The number of aromatic nitrogens is 3. The first-order valence-corrected chi connectivity index (χ1v) is 14.4. The van der Waals surface area contributed by atoms with Crippen LogP contribution in [0.15, 0.2) is 60.4 Å². The second kappa shape index (κ2) is 11.0. The number of rotatable bonds is 5. The lowest BCUT2D eigenvalue weighted by atomic mass is 9.74. The van der Waals surface area contributed by atoms with Crippen molar-refractivity contribution >= 4 is 50.9 Å². The summed E-state index contributed by atoms with van der Waals surface area (Å²) in [5.41, 5.74) is 5.24. The summed E-state index contributed by atoms with van der Waals surface area (Å²) in [6.45, 7) is 3.20. The number of carbonyl (C=O) groups excluding carboxylic acids is 1. The fraction of sp³-hybridized carbons (Fsp3) is 0.310. The van der Waals surface area contributed by atoms with Gasteiger partial charge >= 0.3 is 12.2 Å². The largest absolute Gasteiger partial charge is 0.417 e. The van der Waals surface area contributed by atoms with E-state index in [1.54, 1.807) is 29.7 Å². The van der Waals surface area contributed by atoms with E-state index in [4.69, 9.17) is 16.6 Å². The van der Waals surface area contributed by atoms with Gasteiger partial charge in [-0.15, -0.1) is 11.3 Å². The van der Waals surface area contributed by atoms with Crippen LogP contribution in [0.4, 0.5) is 23.7 Å². The van der Waals surface area contributed by atoms with Crippen molar-refractivity contribution in [3.8, 4) is 0 Å². The third-order valence-corrected chi connectivity index (χ3v) is 8.82. The van der Waals surface area contributed by atoms with E-state index in [0.29, 0.717) is 30.5 Å². The topological polar surface area (TPSA) is 74.2 Å². The van der Waals surface area contributed by atoms with Gasteiger partial charge in [0.15, 0.2) is 0 Å². The fourth-order valence-electron chi connectivity index (χ4n) is 5.71. The van der Waals surface area contributed by atoms with Gasteiger partial charge in [-0.05, 0) is 74.0 Å². The molecule has 0 radical (unpaired) electrons. The van der Waals surface area contributed by atoms with Crippen molar-refractivity contribution in [2.24, 2.45) is 0 Å². The van der Waals surface area contributed by atoms with E-state index in [1.807, 2.05) is 34.7 Å². The number of pyridine rings is 2. The van der Waals surface area contributed by atoms with Crippen LogP contribution in [0, 0.1) is 0 Å². The molecule has 212 valence electrons. The molecule has 7 nitrogen and oxygen atoms in total. The maximum Gasteiger partial charge on any atom is 0.417 e. The first kappa shape index (κ1) is 27.6. The van der Waals surface area contributed by atoms with Gasteiger partial charge in [0.05, 0.1) is 32.7 Å². The van der Waals surface area contributed by atoms with E-state index >= 15 is 0 Å². The van der Waals surface area contributed by atoms with E-state index in [9.17, 15) is 18.0 Å². The van der Waals surface area contributed by atoms with Gasteiger partial charge in [0.2, 0.25) is 0 Å². The highest BCUT2D eigenvalue weighted by atomic mass is 35.5. The Morgan fingerprint density at radius 3 is 2.68 bits per heavy atom. The normalized spacial score (nSPS) is 17.0. The first-order valence-electron chi connectivity index (χ1n) is 13.2. The smallest absolute Gasteiger partial charge is 0.334 e. The van der Waals surface area contributed by atoms with Crippen LogP contribution in [0.1, 0.15) is 35.2 Å². The van der Waals surface area contributed by atoms with Crippen molar-refractivity contribution in [3.05, 3.63) is 87.9 Å². The highest BCUT2D eigenvalue weighted by Crippen LogP contribution is 2.50. The molecule has 12 heteroatoms. The van der Waals surface area contributed by atoms with Crippen LogP contribution in [0.2, 0.25) is 5.15 Å². The van der Waals surface area contributed by atoms with Crippen LogP contribution in [-0.4, -0.2) is 52.1 Å². The molecule has 1 fully saturated rings. The van der Waals surface area contributed by atoms with Crippen molar-refractivity contribution in [2.75, 3.05) is 31.1 Å². The summed E-state index contributed by atoms with van der Waals surface area (Å²) in [5.74, 6) is 0. The number of benzene rings is 1. The molecule has 1 saturated heterocycles. The summed E-state index contributed by atoms with van der Waals surface area (Å²) in [6.07, 6.45) is 3.46. The van der Waals surface area contributed by atoms with Gasteiger partial charge < -0.3 is 5.32 Å². The van der Waals surface area contributed by atoms with Gasteiger partial charge in [0, 0.05) is 43.0 Å². The molecule has 6 rings (SSSR count). The van der Waals surface area contributed by atoms with Gasteiger partial charge in [-0.3, -0.25) is 14.8 Å². The zero-order valence-electron chi connectivity index (χ0n) is 21.9. The van der Waals surface area contributed by atoms with Gasteiger partial charge in [-0.25, -0.2) is 14.8 Å². The quantitative estimate of drug-likeness (QED) is 0.264. The molecule has 5 heterocycles. The van der Waals surface area contributed by atoms with Crippen molar-refractivity contribution < 1.29 is 18.0 Å². The molecule has 0 unspecified atom stereocenters. The van der Waals surface area contributed by atoms with E-state index in [0.717, 1.165) is 65.2 Å². The minimum atomic E-state index is -4.40. The minimum absolute atomic E-state index is 0.167. The Labute approximate surface area is 243 Å². The highest BCUT2D eigenvalue weighted by molar-refractivity contribution is 7.16. The number of amides is 2. The number of nitrogens with one attached hydrogen (secondary N) is 1. The lowest BCUT2D eigenvalue weighted by Crippen LogP contribution is -2.47. The predicted octanol–water partition coefficient (Wildman–Crippen LogP) is 6.54. The van der Waals surface area contributed by atoms with E-state index in [2.05, 4.69) is 20.2 Å². The Balaban J connectivity index is 1.15. The molecule has 1 spiro atoms. The molecule has 1 aromatic carbocycles. The molecule has 2 aliphatic rings. The molecule has 2 amide bonds. The van der Waals surface area contributed by atoms with Crippen molar-refractivity contribution in [3.63, 3.8) is 0 Å². The van der Waals surface area contributed by atoms with Crippen LogP contribution < -0.4 is 10.2 Å². The van der Waals surface area contributed by atoms with Crippen LogP contribution >= 0.6 is 22.9 Å². The van der Waals surface area contributed by atoms with Crippen LogP contribution in [0.25, 0.3) is 16.3 Å². The van der Waals surface area contributed by atoms with E-state index in [1.165, 1.54) is 6.07 Å². The number of likely N-dealkylation sites (tertiary alicyclic amines) is 1. The molecular formula is C29H26ClF3N6OS. The lowest BCUT2D eigenvalue weighted by Gasteiger charge is -2.39. The molecule has 4 aromatic rings. The molecule has 41 heavy (non-hydrogen) atoms. The molecule has 0 bridgehead atoms. The Hall–Kier alpha value is -3.54. The van der Waals surface area contributed by atoms with Gasteiger partial charge in [0.25, 0.3) is 0 Å². The number of hydrogen-bond acceptors (Lipinski definition) is 6. The summed E-state index contributed by atoms with van der Waals surface area (Å²) < 4.78 is 39.5. The molecule has 2 aliphatic heterocycles. The minimum Gasteiger partial charge on any atom is -0.334 e. The standard InChI is InChI=1S/C29H26ClF3N6OS/c30-24-14-19(7-10-34-24)15-36-27(40)39-17-28(25-22(39)5-6-23-26(25)37-18-41-23)8-12-38(13-9-28)11-1-2-21-4-3-20(16-35-21)29(31,32)33/h1-7,10,14,16,18H,8-9,11-13,15,17H2,(H,36,40)/b2-1+. The van der Waals surface area contributed by atoms with Gasteiger partial charge in [-0.2, -0.15) is 13.2 Å². The van der Waals surface area contributed by atoms with Crippen LogP contribution in [0.3, 0.4) is 0 Å². The fourth-order valence-corrected chi connectivity index (χ4v) is 6.59. The Bertz CT molecular complexity index is 1600. The summed E-state index contributed by atoms with van der Waals surface area (Å²) in [4.78, 5) is 30.2. The molecule has 1 N–H and O–H groups in total. The second-order valence-corrected chi connectivity index (χ2v) is 11.6. The summed E-state index contributed by atoms with van der Waals surface area (Å²) >= 11 is 7.60. The zero-order valence-corrected chi connectivity index (χ0v) is 23.4. The molecule has 0 atom stereocenters. The number of nitrogens with zero attached hydrogens (tertiary/aromatic N) is 5. The van der Waals surface area contributed by atoms with Crippen molar-refractivity contribution in [1.29, 1.82) is 0 Å². The average molecular weight is 599 g/mol. The van der Waals surface area contributed by atoms with E-state index in [-0.39, 0.29) is 11.4 Å². The maximum absolute atomic E-state index is 13.4. The monoisotopic (exact) mass is 598 g/mol. The van der Waals surface area contributed by atoms with E-state index < -0.39 is 11.7 Å². The van der Waals surface area contributed by atoms with Gasteiger partial charge in [0.1, 0.15) is 5.15 Å². The summed E-state index contributed by atoms with van der Waals surface area (Å²) in [6, 6.07) is 9.87. The number of urea groups is 1. The Kier molecular flexibility index (Phi) is 7.43. The van der Waals surface area contributed by atoms with Crippen molar-refractivity contribution in [1.82, 2.24) is 25.2 Å². The third-order valence-electron chi connectivity index (χ3n) is 7.82. The summed E-state index contributed by atoms with van der Waals surface area (Å²) in [5, 5.41) is 3.41. The maximum atomic E-state index is 13.4. The zero-order chi connectivity index (χ0) is 28.6. The number of carbonyl (C=O) groups is 1. The molecular weight excluding hydrogens is 573 g/mol. The SMILES string of the molecule is O=C(NCc1ccnc(Cl)c1)N1CC2(CCN(C/C=C/c3ccc(C(F)(F)F)cn3)CC2)c2c1ccc1scnc21. The molecule has 0 aliphatic carbocycles. The van der Waals surface area contributed by atoms with Crippen LogP contribution in [-0.2, 0) is 18.1 Å². The second-order valence-electron chi connectivity index (χ2n) is 10.3. The summed E-state index contributed by atoms with van der Waals surface area (Å²) in [7, 11) is 0. The number of hydrogen-bond donors (Lipinski definition) is 1. The third kappa shape index (κ3) is 5.66. The number of halogens is 4. The predicted molar refractivity (Wildman–Crippen MR) is 154 cm³/mol. The van der Waals surface area contributed by atoms with Crippen LogP contribution in [0.5, 0.6) is 0 Å². The van der Waals surface area contributed by atoms with Crippen molar-refractivity contribution in [2.45, 2.75) is 31.0 Å². The number of thiazole rings is 1. The highest BCUT2D eigenvalue weighted by Gasteiger charge is 2.47. The van der Waals surface area contributed by atoms with Gasteiger partial charge in [-0.1, -0.05) is 17.7 Å². The first-order chi connectivity index (χ1) is 19.7. The lowest BCUT2D eigenvalue weighted by molar-refractivity contribution is -0.137.